The van der Waals surface area contributed by atoms with E-state index in [4.69, 9.17) is 0 Å². The van der Waals surface area contributed by atoms with E-state index in [0.717, 1.165) is 55.2 Å². The second kappa shape index (κ2) is 6.18. The molecule has 0 saturated heterocycles. The third kappa shape index (κ3) is 3.03. The van der Waals surface area contributed by atoms with E-state index >= 15 is 0 Å². The van der Waals surface area contributed by atoms with E-state index in [9.17, 15) is 4.39 Å². The lowest BCUT2D eigenvalue weighted by molar-refractivity contribution is 0.628. The van der Waals surface area contributed by atoms with Gasteiger partial charge in [-0.25, -0.2) is 9.37 Å². The van der Waals surface area contributed by atoms with Gasteiger partial charge in [0.05, 0.1) is 18.1 Å². The van der Waals surface area contributed by atoms with Crippen LogP contribution in [-0.4, -0.2) is 23.1 Å². The summed E-state index contributed by atoms with van der Waals surface area (Å²) in [6.45, 7) is 4.65. The monoisotopic (exact) mass is 286 g/mol. The topological polar surface area (TPSA) is 41.1 Å². The highest BCUT2D eigenvalue weighted by molar-refractivity contribution is 5.67. The molecule has 0 atom stereocenters. The maximum Gasteiger partial charge on any atom is 0.151 e. The van der Waals surface area contributed by atoms with E-state index < -0.39 is 0 Å². The van der Waals surface area contributed by atoms with Gasteiger partial charge in [0.2, 0.25) is 0 Å². The molecule has 0 bridgehead atoms. The van der Waals surface area contributed by atoms with Gasteiger partial charge < -0.3 is 10.2 Å². The number of hydrogen-bond acceptors (Lipinski definition) is 4. The van der Waals surface area contributed by atoms with Crippen LogP contribution in [0.25, 0.3) is 0 Å². The number of nitrogens with zero attached hydrogens (tertiary/aromatic N) is 3. The predicted molar refractivity (Wildman–Crippen MR) is 81.1 cm³/mol. The van der Waals surface area contributed by atoms with E-state index in [2.05, 4.69) is 22.2 Å². The van der Waals surface area contributed by atoms with Crippen molar-refractivity contribution < 1.29 is 4.39 Å². The quantitative estimate of drug-likeness (QED) is 0.858. The van der Waals surface area contributed by atoms with Crippen LogP contribution in [0.5, 0.6) is 0 Å². The number of hydrogen-bond donors (Lipinski definition) is 1. The molecule has 1 aliphatic rings. The number of fused-ring (bicyclic) bond motifs is 1. The van der Waals surface area contributed by atoms with Crippen LogP contribution in [0, 0.1) is 5.82 Å². The Bertz CT molecular complexity index is 612. The molecule has 0 saturated carbocycles. The number of aromatic nitrogens is 2. The largest absolute Gasteiger partial charge is 0.324 e. The summed E-state index contributed by atoms with van der Waals surface area (Å²) in [5.74, 6) is 0.563. The minimum Gasteiger partial charge on any atom is -0.324 e. The SMILES string of the molecule is CCCNCc1cnc(N2CCc3ccc(F)cc32)cn1. The molecular formula is C16H19FN4. The highest BCUT2D eigenvalue weighted by atomic mass is 19.1. The van der Waals surface area contributed by atoms with Crippen LogP contribution in [0.4, 0.5) is 15.9 Å². The van der Waals surface area contributed by atoms with Crippen LogP contribution in [0.2, 0.25) is 0 Å². The number of rotatable bonds is 5. The summed E-state index contributed by atoms with van der Waals surface area (Å²) in [4.78, 5) is 10.9. The molecule has 2 heterocycles. The van der Waals surface area contributed by atoms with Gasteiger partial charge in [-0.3, -0.25) is 4.98 Å². The van der Waals surface area contributed by atoms with Crippen LogP contribution >= 0.6 is 0 Å². The Hall–Kier alpha value is -2.01. The van der Waals surface area contributed by atoms with Crippen LogP contribution in [-0.2, 0) is 13.0 Å². The number of nitrogens with one attached hydrogen (secondary N) is 1. The Morgan fingerprint density at radius 2 is 2.19 bits per heavy atom. The van der Waals surface area contributed by atoms with Gasteiger partial charge in [0.25, 0.3) is 0 Å². The summed E-state index contributed by atoms with van der Waals surface area (Å²) in [5, 5.41) is 3.30. The van der Waals surface area contributed by atoms with Gasteiger partial charge in [0.1, 0.15) is 5.82 Å². The molecule has 0 radical (unpaired) electrons. The fourth-order valence-corrected chi connectivity index (χ4v) is 2.56. The van der Waals surface area contributed by atoms with Gasteiger partial charge in [-0.15, -0.1) is 0 Å². The average molecular weight is 286 g/mol. The van der Waals surface area contributed by atoms with Gasteiger partial charge in [0, 0.05) is 18.8 Å². The molecule has 0 amide bonds. The maximum absolute atomic E-state index is 13.4. The Morgan fingerprint density at radius 1 is 1.29 bits per heavy atom. The standard InChI is InChI=1S/C16H19FN4/c1-2-6-18-9-14-10-20-16(11-19-14)21-7-5-12-3-4-13(17)8-15(12)21/h3-4,8,10-11,18H,2,5-7,9H2,1H3. The lowest BCUT2D eigenvalue weighted by atomic mass is 10.2. The molecule has 3 rings (SSSR count). The maximum atomic E-state index is 13.4. The molecule has 5 heteroatoms. The molecule has 110 valence electrons. The van der Waals surface area contributed by atoms with E-state index in [1.165, 1.54) is 6.07 Å². The first kappa shape index (κ1) is 13.9. The normalized spacial score (nSPS) is 13.5. The minimum absolute atomic E-state index is 0.214. The molecular weight excluding hydrogens is 267 g/mol. The van der Waals surface area contributed by atoms with E-state index in [-0.39, 0.29) is 5.82 Å². The summed E-state index contributed by atoms with van der Waals surface area (Å²) in [7, 11) is 0. The number of benzene rings is 1. The molecule has 0 aliphatic carbocycles. The molecule has 2 aromatic rings. The van der Waals surface area contributed by atoms with Gasteiger partial charge in [-0.2, -0.15) is 0 Å². The summed E-state index contributed by atoms with van der Waals surface area (Å²) < 4.78 is 13.4. The van der Waals surface area contributed by atoms with Crippen molar-refractivity contribution in [2.75, 3.05) is 18.0 Å². The van der Waals surface area contributed by atoms with Gasteiger partial charge in [-0.05, 0) is 37.1 Å². The lowest BCUT2D eigenvalue weighted by Gasteiger charge is -2.18. The van der Waals surface area contributed by atoms with Crippen molar-refractivity contribution >= 4 is 11.5 Å². The van der Waals surface area contributed by atoms with Crippen molar-refractivity contribution in [1.29, 1.82) is 0 Å². The fourth-order valence-electron chi connectivity index (χ4n) is 2.56. The van der Waals surface area contributed by atoms with Crippen molar-refractivity contribution in [2.24, 2.45) is 0 Å². The summed E-state index contributed by atoms with van der Waals surface area (Å²) >= 11 is 0. The van der Waals surface area contributed by atoms with Gasteiger partial charge in [0.15, 0.2) is 5.82 Å². The first-order valence-electron chi connectivity index (χ1n) is 7.35. The van der Waals surface area contributed by atoms with Crippen molar-refractivity contribution in [3.63, 3.8) is 0 Å². The Morgan fingerprint density at radius 3 is 2.95 bits per heavy atom. The first-order valence-corrected chi connectivity index (χ1v) is 7.35. The smallest absolute Gasteiger partial charge is 0.151 e. The number of anilines is 2. The molecule has 4 nitrogen and oxygen atoms in total. The predicted octanol–water partition coefficient (Wildman–Crippen LogP) is 2.81. The summed E-state index contributed by atoms with van der Waals surface area (Å²) in [6, 6.07) is 4.93. The van der Waals surface area contributed by atoms with Crippen LogP contribution in [0.3, 0.4) is 0 Å². The highest BCUT2D eigenvalue weighted by Gasteiger charge is 2.22. The molecule has 1 aliphatic heterocycles. The van der Waals surface area contributed by atoms with Crippen molar-refractivity contribution in [3.05, 3.63) is 47.7 Å². The molecule has 0 unspecified atom stereocenters. The molecule has 1 N–H and O–H groups in total. The van der Waals surface area contributed by atoms with E-state index in [1.54, 1.807) is 18.5 Å². The van der Waals surface area contributed by atoms with E-state index in [0.29, 0.717) is 0 Å². The lowest BCUT2D eigenvalue weighted by Crippen LogP contribution is -2.17. The van der Waals surface area contributed by atoms with Crippen molar-refractivity contribution in [2.45, 2.75) is 26.3 Å². The van der Waals surface area contributed by atoms with Crippen molar-refractivity contribution in [3.8, 4) is 0 Å². The zero-order valence-electron chi connectivity index (χ0n) is 12.1. The van der Waals surface area contributed by atoms with Crippen LogP contribution in [0.15, 0.2) is 30.6 Å². The molecule has 0 fully saturated rings. The average Bonchev–Trinajstić information content (AvgIpc) is 2.91. The van der Waals surface area contributed by atoms with Crippen LogP contribution in [0.1, 0.15) is 24.6 Å². The van der Waals surface area contributed by atoms with Gasteiger partial charge in [-0.1, -0.05) is 13.0 Å². The second-order valence-electron chi connectivity index (χ2n) is 5.22. The second-order valence-corrected chi connectivity index (χ2v) is 5.22. The molecule has 1 aromatic carbocycles. The number of halogens is 1. The zero-order chi connectivity index (χ0) is 14.7. The van der Waals surface area contributed by atoms with Gasteiger partial charge >= 0.3 is 0 Å². The summed E-state index contributed by atoms with van der Waals surface area (Å²) in [6.07, 6.45) is 5.57. The van der Waals surface area contributed by atoms with Crippen molar-refractivity contribution in [1.82, 2.24) is 15.3 Å². The Labute approximate surface area is 124 Å². The zero-order valence-corrected chi connectivity index (χ0v) is 12.1. The third-order valence-corrected chi connectivity index (χ3v) is 3.64. The third-order valence-electron chi connectivity index (χ3n) is 3.64. The highest BCUT2D eigenvalue weighted by Crippen LogP contribution is 2.33. The Kier molecular flexibility index (Phi) is 4.10. The fraction of sp³-hybridized carbons (Fsp3) is 0.375. The molecule has 0 spiro atoms. The van der Waals surface area contributed by atoms with E-state index in [1.807, 2.05) is 11.0 Å². The minimum atomic E-state index is -0.214. The molecule has 21 heavy (non-hydrogen) atoms. The molecule has 1 aromatic heterocycles. The Balaban J connectivity index is 1.75. The van der Waals surface area contributed by atoms with Crippen LogP contribution < -0.4 is 10.2 Å². The summed E-state index contributed by atoms with van der Waals surface area (Å²) in [5.41, 5.74) is 2.99. The first-order chi connectivity index (χ1) is 10.3.